The summed E-state index contributed by atoms with van der Waals surface area (Å²) in [6, 6.07) is 14.5. The minimum atomic E-state index is -0.444. The first kappa shape index (κ1) is 21.5. The van der Waals surface area contributed by atoms with Crippen LogP contribution in [0.25, 0.3) is 6.08 Å². The van der Waals surface area contributed by atoms with Crippen molar-refractivity contribution in [3.63, 3.8) is 0 Å². The van der Waals surface area contributed by atoms with Crippen molar-refractivity contribution in [2.45, 2.75) is 25.5 Å². The minimum absolute atomic E-state index is 0.0218. The highest BCUT2D eigenvalue weighted by atomic mass is 16.6. The quantitative estimate of drug-likeness (QED) is 0.376. The summed E-state index contributed by atoms with van der Waals surface area (Å²) in [5, 5.41) is 11.2. The van der Waals surface area contributed by atoms with Crippen LogP contribution in [-0.4, -0.2) is 49.1 Å². The summed E-state index contributed by atoms with van der Waals surface area (Å²) in [5.74, 6) is -0.194. The summed E-state index contributed by atoms with van der Waals surface area (Å²) in [7, 11) is 3.96. The lowest BCUT2D eigenvalue weighted by molar-refractivity contribution is -0.385. The van der Waals surface area contributed by atoms with Gasteiger partial charge in [0.1, 0.15) is 0 Å². The molecule has 2 aromatic carbocycles. The zero-order valence-corrected chi connectivity index (χ0v) is 17.4. The number of carbonyl (C=O) groups excluding carboxylic acids is 1. The molecule has 1 atom stereocenters. The SMILES string of the molecule is CN(C)c1ccc(CN(CC2CCCO2)C(=O)/C=C/c2ccccc2[N+](=O)[O-])cc1. The van der Waals surface area contributed by atoms with Crippen LogP contribution in [0.15, 0.2) is 54.6 Å². The second-order valence-electron chi connectivity index (χ2n) is 7.56. The number of anilines is 1. The molecule has 0 aliphatic carbocycles. The number of nitrogens with zero attached hydrogens (tertiary/aromatic N) is 3. The maximum atomic E-state index is 13.0. The van der Waals surface area contributed by atoms with Gasteiger partial charge in [0.25, 0.3) is 5.69 Å². The molecule has 1 saturated heterocycles. The topological polar surface area (TPSA) is 75.9 Å². The fourth-order valence-corrected chi connectivity index (χ4v) is 3.45. The Kier molecular flexibility index (Phi) is 7.19. The Labute approximate surface area is 176 Å². The fourth-order valence-electron chi connectivity index (χ4n) is 3.45. The van der Waals surface area contributed by atoms with E-state index in [1.807, 2.05) is 43.3 Å². The van der Waals surface area contributed by atoms with Gasteiger partial charge in [-0.2, -0.15) is 0 Å². The monoisotopic (exact) mass is 409 g/mol. The van der Waals surface area contributed by atoms with Crippen molar-refractivity contribution in [3.8, 4) is 0 Å². The first-order valence-electron chi connectivity index (χ1n) is 10.0. The molecule has 158 valence electrons. The lowest BCUT2D eigenvalue weighted by atomic mass is 10.1. The van der Waals surface area contributed by atoms with E-state index in [9.17, 15) is 14.9 Å². The largest absolute Gasteiger partial charge is 0.378 e. The summed E-state index contributed by atoms with van der Waals surface area (Å²) in [5.41, 5.74) is 2.49. The van der Waals surface area contributed by atoms with E-state index < -0.39 is 4.92 Å². The molecule has 30 heavy (non-hydrogen) atoms. The molecule has 1 heterocycles. The predicted octanol–water partition coefficient (Wildman–Crippen LogP) is 3.88. The van der Waals surface area contributed by atoms with E-state index in [0.717, 1.165) is 30.7 Å². The van der Waals surface area contributed by atoms with E-state index >= 15 is 0 Å². The molecule has 0 bridgehead atoms. The first-order chi connectivity index (χ1) is 14.4. The molecule has 0 radical (unpaired) electrons. The third-order valence-electron chi connectivity index (χ3n) is 5.12. The molecule has 1 aliphatic heterocycles. The van der Waals surface area contributed by atoms with Gasteiger partial charge in [-0.15, -0.1) is 0 Å². The normalized spacial score (nSPS) is 16.0. The molecule has 0 saturated carbocycles. The molecule has 1 aliphatic rings. The van der Waals surface area contributed by atoms with Crippen LogP contribution in [-0.2, 0) is 16.1 Å². The van der Waals surface area contributed by atoms with Crippen molar-refractivity contribution in [2.75, 3.05) is 32.1 Å². The van der Waals surface area contributed by atoms with Gasteiger partial charge in [0, 0.05) is 51.6 Å². The standard InChI is InChI=1S/C23H27N3O4/c1-24(2)20-12-9-18(10-13-20)16-25(17-21-7-5-15-30-21)23(27)14-11-19-6-3-4-8-22(19)26(28)29/h3-4,6,8-14,21H,5,7,15-17H2,1-2H3/b14-11+. The molecule has 1 fully saturated rings. The van der Waals surface area contributed by atoms with Crippen LogP contribution in [0.3, 0.4) is 0 Å². The van der Waals surface area contributed by atoms with Gasteiger partial charge in [-0.25, -0.2) is 0 Å². The second kappa shape index (κ2) is 10.0. The summed E-state index contributed by atoms with van der Waals surface area (Å²) >= 11 is 0. The van der Waals surface area contributed by atoms with Gasteiger partial charge in [-0.1, -0.05) is 24.3 Å². The van der Waals surface area contributed by atoms with Crippen LogP contribution in [0.1, 0.15) is 24.0 Å². The van der Waals surface area contributed by atoms with Crippen LogP contribution in [0, 0.1) is 10.1 Å². The number of para-hydroxylation sites is 1. The van der Waals surface area contributed by atoms with Gasteiger partial charge in [-0.3, -0.25) is 14.9 Å². The van der Waals surface area contributed by atoms with E-state index in [4.69, 9.17) is 4.74 Å². The number of nitro groups is 1. The molecular weight excluding hydrogens is 382 g/mol. The van der Waals surface area contributed by atoms with E-state index in [2.05, 4.69) is 0 Å². The zero-order chi connectivity index (χ0) is 21.5. The Hall–Kier alpha value is -3.19. The maximum absolute atomic E-state index is 13.0. The van der Waals surface area contributed by atoms with E-state index in [1.165, 1.54) is 18.2 Å². The lowest BCUT2D eigenvalue weighted by Crippen LogP contribution is -2.35. The molecule has 0 aromatic heterocycles. The first-order valence-corrected chi connectivity index (χ1v) is 10.0. The third kappa shape index (κ3) is 5.67. The van der Waals surface area contributed by atoms with Gasteiger partial charge in [-0.05, 0) is 42.7 Å². The highest BCUT2D eigenvalue weighted by molar-refractivity contribution is 5.92. The average molecular weight is 409 g/mol. The van der Waals surface area contributed by atoms with Crippen molar-refractivity contribution >= 4 is 23.4 Å². The molecule has 7 nitrogen and oxygen atoms in total. The van der Waals surface area contributed by atoms with E-state index in [1.54, 1.807) is 23.1 Å². The number of benzene rings is 2. The highest BCUT2D eigenvalue weighted by Crippen LogP contribution is 2.20. The van der Waals surface area contributed by atoms with E-state index in [0.29, 0.717) is 18.7 Å². The van der Waals surface area contributed by atoms with Crippen molar-refractivity contribution in [1.82, 2.24) is 4.90 Å². The van der Waals surface area contributed by atoms with E-state index in [-0.39, 0.29) is 17.7 Å². The summed E-state index contributed by atoms with van der Waals surface area (Å²) in [6.45, 7) is 1.67. The second-order valence-corrected chi connectivity index (χ2v) is 7.56. The Bertz CT molecular complexity index is 903. The Morgan fingerprint density at radius 1 is 1.20 bits per heavy atom. The average Bonchev–Trinajstić information content (AvgIpc) is 3.25. The number of nitro benzene ring substituents is 1. The van der Waals surface area contributed by atoms with Gasteiger partial charge < -0.3 is 14.5 Å². The smallest absolute Gasteiger partial charge is 0.276 e. The van der Waals surface area contributed by atoms with Crippen molar-refractivity contribution in [1.29, 1.82) is 0 Å². The van der Waals surface area contributed by atoms with Crippen LogP contribution < -0.4 is 4.90 Å². The summed E-state index contributed by atoms with van der Waals surface area (Å²) in [4.78, 5) is 27.5. The van der Waals surface area contributed by atoms with Crippen LogP contribution >= 0.6 is 0 Å². The van der Waals surface area contributed by atoms with Gasteiger partial charge in [0.15, 0.2) is 0 Å². The van der Waals surface area contributed by atoms with Crippen molar-refractivity contribution in [2.24, 2.45) is 0 Å². The van der Waals surface area contributed by atoms with Gasteiger partial charge >= 0.3 is 0 Å². The number of amides is 1. The highest BCUT2D eigenvalue weighted by Gasteiger charge is 2.22. The number of carbonyl (C=O) groups is 1. The molecule has 1 unspecified atom stereocenters. The third-order valence-corrected chi connectivity index (χ3v) is 5.12. The molecular formula is C23H27N3O4. The maximum Gasteiger partial charge on any atom is 0.276 e. The number of hydrogen-bond donors (Lipinski definition) is 0. The van der Waals surface area contributed by atoms with Crippen molar-refractivity contribution < 1.29 is 14.5 Å². The Morgan fingerprint density at radius 2 is 1.93 bits per heavy atom. The number of rotatable bonds is 8. The van der Waals surface area contributed by atoms with Crippen LogP contribution in [0.5, 0.6) is 0 Å². The Balaban J connectivity index is 1.77. The fraction of sp³-hybridized carbons (Fsp3) is 0.348. The van der Waals surface area contributed by atoms with Crippen molar-refractivity contribution in [3.05, 3.63) is 75.8 Å². The summed E-state index contributed by atoms with van der Waals surface area (Å²) < 4.78 is 5.72. The number of ether oxygens (including phenoxy) is 1. The molecule has 7 heteroatoms. The summed E-state index contributed by atoms with van der Waals surface area (Å²) in [6.07, 6.45) is 4.87. The Morgan fingerprint density at radius 3 is 2.57 bits per heavy atom. The van der Waals surface area contributed by atoms with Gasteiger partial charge in [0.05, 0.1) is 16.6 Å². The van der Waals surface area contributed by atoms with Crippen LogP contribution in [0.2, 0.25) is 0 Å². The lowest BCUT2D eigenvalue weighted by Gasteiger charge is -2.25. The zero-order valence-electron chi connectivity index (χ0n) is 17.4. The van der Waals surface area contributed by atoms with Crippen LogP contribution in [0.4, 0.5) is 11.4 Å². The minimum Gasteiger partial charge on any atom is -0.378 e. The molecule has 2 aromatic rings. The number of hydrogen-bond acceptors (Lipinski definition) is 5. The predicted molar refractivity (Wildman–Crippen MR) is 117 cm³/mol. The van der Waals surface area contributed by atoms with Gasteiger partial charge in [0.2, 0.25) is 5.91 Å². The molecule has 0 N–H and O–H groups in total. The molecule has 0 spiro atoms. The molecule has 1 amide bonds. The molecule has 3 rings (SSSR count).